The lowest BCUT2D eigenvalue weighted by Gasteiger charge is -2.30. The average molecular weight is 244 g/mol. The molecule has 1 aromatic rings. The van der Waals surface area contributed by atoms with E-state index < -0.39 is 0 Å². The minimum Gasteiger partial charge on any atom is -0.399 e. The minimum absolute atomic E-state index is 1.01. The van der Waals surface area contributed by atoms with Crippen molar-refractivity contribution in [2.75, 3.05) is 25.1 Å². The maximum Gasteiger partial charge on any atom is 0.106 e. The summed E-state index contributed by atoms with van der Waals surface area (Å²) in [5, 5.41) is 4.15. The molecule has 18 heavy (non-hydrogen) atoms. The monoisotopic (exact) mass is 244 g/mol. The summed E-state index contributed by atoms with van der Waals surface area (Å²) in [5.41, 5.74) is 5.29. The molecule has 0 aromatic heterocycles. The van der Waals surface area contributed by atoms with Crippen molar-refractivity contribution < 1.29 is 4.84 Å². The molecule has 0 N–H and O–H groups in total. The van der Waals surface area contributed by atoms with Gasteiger partial charge in [-0.25, -0.2) is 0 Å². The number of rotatable bonds is 2. The Bertz CT molecular complexity index is 462. The standard InChI is InChI=1S/C15H20N2O/c1-18-16-14-9-8-13-12(14)6-5-7-15(13)17-10-3-2-4-11-17/h5-7H,2-4,8-11H2,1H3/b16-14+. The van der Waals surface area contributed by atoms with Gasteiger partial charge in [0.05, 0.1) is 5.71 Å². The Labute approximate surface area is 108 Å². The van der Waals surface area contributed by atoms with E-state index in [-0.39, 0.29) is 0 Å². The van der Waals surface area contributed by atoms with Gasteiger partial charge in [-0.2, -0.15) is 0 Å². The van der Waals surface area contributed by atoms with Crippen molar-refractivity contribution in [3.8, 4) is 0 Å². The summed E-state index contributed by atoms with van der Waals surface area (Å²) in [4.78, 5) is 7.48. The Morgan fingerprint density at radius 3 is 2.72 bits per heavy atom. The van der Waals surface area contributed by atoms with E-state index in [1.54, 1.807) is 7.11 Å². The van der Waals surface area contributed by atoms with Crippen LogP contribution >= 0.6 is 0 Å². The van der Waals surface area contributed by atoms with Gasteiger partial charge in [0, 0.05) is 24.3 Å². The quantitative estimate of drug-likeness (QED) is 0.747. The topological polar surface area (TPSA) is 24.8 Å². The van der Waals surface area contributed by atoms with Gasteiger partial charge in [0.2, 0.25) is 0 Å². The molecule has 3 rings (SSSR count). The zero-order valence-corrected chi connectivity index (χ0v) is 11.0. The van der Waals surface area contributed by atoms with Crippen molar-refractivity contribution in [2.24, 2.45) is 5.16 Å². The van der Waals surface area contributed by atoms with E-state index in [1.807, 2.05) is 0 Å². The third kappa shape index (κ3) is 1.98. The van der Waals surface area contributed by atoms with Crippen LogP contribution in [0.3, 0.4) is 0 Å². The first-order chi connectivity index (χ1) is 8.90. The van der Waals surface area contributed by atoms with Crippen LogP contribution in [0.4, 0.5) is 5.69 Å². The molecule has 1 aliphatic heterocycles. The molecular weight excluding hydrogens is 224 g/mol. The number of hydrogen-bond acceptors (Lipinski definition) is 3. The number of anilines is 1. The molecule has 0 amide bonds. The average Bonchev–Trinajstić information content (AvgIpc) is 2.84. The second-order valence-electron chi connectivity index (χ2n) is 5.07. The first-order valence-corrected chi connectivity index (χ1v) is 6.87. The van der Waals surface area contributed by atoms with E-state index >= 15 is 0 Å². The summed E-state index contributed by atoms with van der Waals surface area (Å²) in [6, 6.07) is 6.59. The molecule has 96 valence electrons. The Morgan fingerprint density at radius 2 is 1.94 bits per heavy atom. The molecule has 3 nitrogen and oxygen atoms in total. The molecule has 1 aliphatic carbocycles. The lowest BCUT2D eigenvalue weighted by molar-refractivity contribution is 0.213. The predicted molar refractivity (Wildman–Crippen MR) is 74.4 cm³/mol. The molecule has 1 heterocycles. The van der Waals surface area contributed by atoms with Gasteiger partial charge in [0.25, 0.3) is 0 Å². The van der Waals surface area contributed by atoms with Crippen molar-refractivity contribution >= 4 is 11.4 Å². The van der Waals surface area contributed by atoms with Crippen molar-refractivity contribution in [3.05, 3.63) is 29.3 Å². The third-order valence-corrected chi connectivity index (χ3v) is 3.97. The fourth-order valence-electron chi connectivity index (χ4n) is 3.12. The second kappa shape index (κ2) is 5.01. The Hall–Kier alpha value is -1.51. The van der Waals surface area contributed by atoms with Gasteiger partial charge in [-0.15, -0.1) is 0 Å². The maximum atomic E-state index is 4.94. The smallest absolute Gasteiger partial charge is 0.106 e. The van der Waals surface area contributed by atoms with E-state index in [4.69, 9.17) is 4.84 Å². The molecule has 0 saturated carbocycles. The first-order valence-electron chi connectivity index (χ1n) is 6.87. The molecule has 1 fully saturated rings. The molecule has 0 unspecified atom stereocenters. The maximum absolute atomic E-state index is 4.94. The lowest BCUT2D eigenvalue weighted by Crippen LogP contribution is -2.30. The van der Waals surface area contributed by atoms with Crippen molar-refractivity contribution in [2.45, 2.75) is 32.1 Å². The van der Waals surface area contributed by atoms with Gasteiger partial charge in [-0.3, -0.25) is 0 Å². The number of benzene rings is 1. The van der Waals surface area contributed by atoms with Crippen molar-refractivity contribution in [1.29, 1.82) is 0 Å². The van der Waals surface area contributed by atoms with E-state index in [2.05, 4.69) is 28.3 Å². The summed E-state index contributed by atoms with van der Waals surface area (Å²) in [6.07, 6.45) is 6.13. The van der Waals surface area contributed by atoms with E-state index in [0.29, 0.717) is 0 Å². The summed E-state index contributed by atoms with van der Waals surface area (Å²) in [5.74, 6) is 0. The van der Waals surface area contributed by atoms with Gasteiger partial charge in [0.15, 0.2) is 0 Å². The van der Waals surface area contributed by atoms with Gasteiger partial charge in [0.1, 0.15) is 7.11 Å². The lowest BCUT2D eigenvalue weighted by atomic mass is 10.0. The van der Waals surface area contributed by atoms with Crippen LogP contribution in [0, 0.1) is 0 Å². The van der Waals surface area contributed by atoms with Gasteiger partial charge >= 0.3 is 0 Å². The van der Waals surface area contributed by atoms with Gasteiger partial charge in [-0.05, 0) is 43.7 Å². The largest absolute Gasteiger partial charge is 0.399 e. The van der Waals surface area contributed by atoms with Gasteiger partial charge < -0.3 is 9.74 Å². The molecule has 0 atom stereocenters. The molecule has 1 saturated heterocycles. The number of fused-ring (bicyclic) bond motifs is 1. The van der Waals surface area contributed by atoms with E-state index in [1.165, 1.54) is 49.2 Å². The summed E-state index contributed by atoms with van der Waals surface area (Å²) >= 11 is 0. The molecule has 2 aliphatic rings. The predicted octanol–water partition coefficient (Wildman–Crippen LogP) is 2.97. The highest BCUT2D eigenvalue weighted by molar-refractivity contribution is 6.05. The molecule has 0 radical (unpaired) electrons. The van der Waals surface area contributed by atoms with Crippen LogP contribution in [0.1, 0.15) is 36.8 Å². The first kappa shape index (κ1) is 11.6. The summed E-state index contributed by atoms with van der Waals surface area (Å²) in [7, 11) is 1.62. The fourth-order valence-corrected chi connectivity index (χ4v) is 3.12. The zero-order valence-electron chi connectivity index (χ0n) is 11.0. The van der Waals surface area contributed by atoms with Crippen LogP contribution in [0.25, 0.3) is 0 Å². The van der Waals surface area contributed by atoms with Crippen LogP contribution in [0.5, 0.6) is 0 Å². The Morgan fingerprint density at radius 1 is 1.11 bits per heavy atom. The van der Waals surface area contributed by atoms with Crippen LogP contribution < -0.4 is 4.90 Å². The third-order valence-electron chi connectivity index (χ3n) is 3.97. The summed E-state index contributed by atoms with van der Waals surface area (Å²) < 4.78 is 0. The number of nitrogens with zero attached hydrogens (tertiary/aromatic N) is 2. The highest BCUT2D eigenvalue weighted by atomic mass is 16.6. The van der Waals surface area contributed by atoms with Gasteiger partial charge in [-0.1, -0.05) is 17.3 Å². The van der Waals surface area contributed by atoms with E-state index in [0.717, 1.165) is 18.6 Å². The number of hydrogen-bond donors (Lipinski definition) is 0. The Kier molecular flexibility index (Phi) is 3.22. The second-order valence-corrected chi connectivity index (χ2v) is 5.07. The normalized spacial score (nSPS) is 21.2. The van der Waals surface area contributed by atoms with Crippen LogP contribution in [-0.4, -0.2) is 25.9 Å². The van der Waals surface area contributed by atoms with Crippen molar-refractivity contribution in [3.63, 3.8) is 0 Å². The summed E-state index contributed by atoms with van der Waals surface area (Å²) in [6.45, 7) is 2.40. The van der Waals surface area contributed by atoms with Crippen molar-refractivity contribution in [1.82, 2.24) is 0 Å². The zero-order chi connectivity index (χ0) is 12.4. The highest BCUT2D eigenvalue weighted by Gasteiger charge is 2.24. The highest BCUT2D eigenvalue weighted by Crippen LogP contribution is 2.33. The number of oxime groups is 1. The van der Waals surface area contributed by atoms with Crippen LogP contribution in [-0.2, 0) is 11.3 Å². The molecule has 0 spiro atoms. The molecular formula is C15H20N2O. The fraction of sp³-hybridized carbons (Fsp3) is 0.533. The molecule has 0 bridgehead atoms. The number of piperidine rings is 1. The van der Waals surface area contributed by atoms with Crippen LogP contribution in [0.2, 0.25) is 0 Å². The molecule has 3 heteroatoms. The molecule has 1 aromatic carbocycles. The minimum atomic E-state index is 1.01. The van der Waals surface area contributed by atoms with E-state index in [9.17, 15) is 0 Å². The SMILES string of the molecule is CO/N=C1\CCc2c1cccc2N1CCCCC1. The Balaban J connectivity index is 1.95. The van der Waals surface area contributed by atoms with Crippen LogP contribution in [0.15, 0.2) is 23.4 Å².